The van der Waals surface area contributed by atoms with Crippen LogP contribution in [0.2, 0.25) is 0 Å². The number of hydrogen-bond acceptors (Lipinski definition) is 8. The number of amides is 1. The van der Waals surface area contributed by atoms with E-state index in [2.05, 4.69) is 5.32 Å². The van der Waals surface area contributed by atoms with Gasteiger partial charge in [0.25, 0.3) is 5.56 Å². The molecule has 10 nitrogen and oxygen atoms in total. The highest BCUT2D eigenvalue weighted by Crippen LogP contribution is 2.32. The minimum Gasteiger partial charge on any atom is -0.493 e. The van der Waals surface area contributed by atoms with E-state index in [1.165, 1.54) is 30.1 Å². The lowest BCUT2D eigenvalue weighted by atomic mass is 10.2. The van der Waals surface area contributed by atoms with Crippen molar-refractivity contribution in [3.8, 4) is 23.0 Å². The number of aromatic nitrogens is 2. The number of carbonyl (C=O) groups is 1. The smallest absolute Gasteiger partial charge is 0.332 e. The molecule has 1 aliphatic heterocycles. The van der Waals surface area contributed by atoms with E-state index < -0.39 is 17.2 Å². The van der Waals surface area contributed by atoms with Crippen LogP contribution in [-0.4, -0.2) is 36.1 Å². The first kappa shape index (κ1) is 22.5. The molecule has 180 valence electrons. The van der Waals surface area contributed by atoms with Crippen molar-refractivity contribution in [3.63, 3.8) is 0 Å². The topological polar surface area (TPSA) is 110 Å². The molecule has 4 aromatic rings. The fraction of sp³-hybridized carbons (Fsp3) is 0.208. The third kappa shape index (κ3) is 4.21. The van der Waals surface area contributed by atoms with Gasteiger partial charge in [0.15, 0.2) is 23.0 Å². The maximum atomic E-state index is 13.4. The van der Waals surface area contributed by atoms with Crippen LogP contribution in [0.25, 0.3) is 10.2 Å². The van der Waals surface area contributed by atoms with Crippen LogP contribution in [0.1, 0.15) is 5.56 Å². The van der Waals surface area contributed by atoms with Gasteiger partial charge < -0.3 is 24.3 Å². The van der Waals surface area contributed by atoms with Crippen LogP contribution in [0.4, 0.5) is 5.69 Å². The maximum absolute atomic E-state index is 13.4. The first-order valence-electron chi connectivity index (χ1n) is 10.6. The molecule has 3 heterocycles. The molecule has 2 aromatic heterocycles. The minimum absolute atomic E-state index is 0.0272. The van der Waals surface area contributed by atoms with Crippen LogP contribution in [0, 0.1) is 0 Å². The molecule has 1 N–H and O–H groups in total. The van der Waals surface area contributed by atoms with Crippen molar-refractivity contribution in [2.45, 2.75) is 13.1 Å². The third-order valence-corrected chi connectivity index (χ3v) is 6.47. The van der Waals surface area contributed by atoms with E-state index in [0.717, 1.165) is 4.57 Å². The summed E-state index contributed by atoms with van der Waals surface area (Å²) in [4.78, 5) is 39.3. The number of hydrogen-bond donors (Lipinski definition) is 1. The standard InChI is InChI=1S/C24H21N3O7S/c1-31-17-6-4-15(10-19(17)32-2)25-21(28)12-26-16-7-8-35-22(16)23(29)27(24(26)30)11-14-3-5-18-20(9-14)34-13-33-18/h3-10H,11-13H2,1-2H3,(H,25,28). The molecule has 0 atom stereocenters. The lowest BCUT2D eigenvalue weighted by Crippen LogP contribution is -2.41. The molecule has 0 saturated carbocycles. The van der Waals surface area contributed by atoms with Crippen molar-refractivity contribution in [3.05, 3.63) is 74.2 Å². The van der Waals surface area contributed by atoms with Gasteiger partial charge in [0.05, 0.1) is 26.3 Å². The first-order valence-corrected chi connectivity index (χ1v) is 11.5. The molecule has 0 unspecified atom stereocenters. The molecule has 11 heteroatoms. The zero-order valence-electron chi connectivity index (χ0n) is 18.9. The average molecular weight is 496 g/mol. The van der Waals surface area contributed by atoms with Crippen molar-refractivity contribution >= 4 is 33.1 Å². The number of benzene rings is 2. The Labute approximate surface area is 202 Å². The van der Waals surface area contributed by atoms with Crippen molar-refractivity contribution in [1.29, 1.82) is 0 Å². The zero-order chi connectivity index (χ0) is 24.5. The summed E-state index contributed by atoms with van der Waals surface area (Å²) in [6.45, 7) is -0.122. The first-order chi connectivity index (χ1) is 17.0. The van der Waals surface area contributed by atoms with Crippen LogP contribution < -0.4 is 35.5 Å². The lowest BCUT2D eigenvalue weighted by Gasteiger charge is -2.14. The SMILES string of the molecule is COc1ccc(NC(=O)Cn2c(=O)n(Cc3ccc4c(c3)OCO4)c(=O)c3sccc32)cc1OC. The summed E-state index contributed by atoms with van der Waals surface area (Å²) < 4.78 is 24.0. The predicted octanol–water partition coefficient (Wildman–Crippen LogP) is 2.66. The van der Waals surface area contributed by atoms with E-state index in [4.69, 9.17) is 18.9 Å². The second-order valence-electron chi connectivity index (χ2n) is 7.70. The Morgan fingerprint density at radius 1 is 1.00 bits per heavy atom. The predicted molar refractivity (Wildman–Crippen MR) is 130 cm³/mol. The van der Waals surface area contributed by atoms with Gasteiger partial charge in [-0.15, -0.1) is 11.3 Å². The Hall–Kier alpha value is -4.25. The number of thiophene rings is 1. The maximum Gasteiger partial charge on any atom is 0.332 e. The van der Waals surface area contributed by atoms with E-state index in [1.807, 2.05) is 0 Å². The number of carbonyl (C=O) groups excluding carboxylic acids is 1. The highest BCUT2D eigenvalue weighted by atomic mass is 32.1. The summed E-state index contributed by atoms with van der Waals surface area (Å²) in [5.74, 6) is 1.72. The normalized spacial score (nSPS) is 12.1. The number of fused-ring (bicyclic) bond motifs is 2. The summed E-state index contributed by atoms with van der Waals surface area (Å²) >= 11 is 1.22. The molecular formula is C24H21N3O7S. The van der Waals surface area contributed by atoms with Gasteiger partial charge in [0.2, 0.25) is 12.7 Å². The molecule has 5 rings (SSSR count). The largest absolute Gasteiger partial charge is 0.493 e. The zero-order valence-corrected chi connectivity index (χ0v) is 19.7. The molecular weight excluding hydrogens is 474 g/mol. The highest BCUT2D eigenvalue weighted by Gasteiger charge is 2.19. The second-order valence-corrected chi connectivity index (χ2v) is 8.62. The molecule has 0 bridgehead atoms. The van der Waals surface area contributed by atoms with Gasteiger partial charge in [0, 0.05) is 11.8 Å². The van der Waals surface area contributed by atoms with Crippen LogP contribution in [0.15, 0.2) is 57.4 Å². The Morgan fingerprint density at radius 3 is 2.60 bits per heavy atom. The number of anilines is 1. The third-order valence-electron chi connectivity index (χ3n) is 5.58. The average Bonchev–Trinajstić information content (AvgIpc) is 3.54. The molecule has 35 heavy (non-hydrogen) atoms. The summed E-state index contributed by atoms with van der Waals surface area (Å²) in [5, 5.41) is 4.49. The molecule has 1 amide bonds. The van der Waals surface area contributed by atoms with Crippen molar-refractivity contribution < 1.29 is 23.7 Å². The Kier molecular flexibility index (Phi) is 5.91. The molecule has 0 spiro atoms. The summed E-state index contributed by atoms with van der Waals surface area (Å²) in [6, 6.07) is 11.9. The quantitative estimate of drug-likeness (QED) is 0.420. The fourth-order valence-electron chi connectivity index (χ4n) is 3.91. The minimum atomic E-state index is -0.582. The number of ether oxygens (including phenoxy) is 4. The fourth-order valence-corrected chi connectivity index (χ4v) is 4.75. The van der Waals surface area contributed by atoms with Crippen LogP contribution >= 0.6 is 11.3 Å². The van der Waals surface area contributed by atoms with E-state index in [1.54, 1.807) is 47.8 Å². The van der Waals surface area contributed by atoms with Gasteiger partial charge in [-0.05, 0) is 41.3 Å². The molecule has 1 aliphatic rings. The number of methoxy groups -OCH3 is 2. The Balaban J connectivity index is 1.46. The van der Waals surface area contributed by atoms with Gasteiger partial charge in [-0.25, -0.2) is 4.79 Å². The van der Waals surface area contributed by atoms with Gasteiger partial charge in [0.1, 0.15) is 11.2 Å². The van der Waals surface area contributed by atoms with E-state index >= 15 is 0 Å². The van der Waals surface area contributed by atoms with Gasteiger partial charge in [-0.1, -0.05) is 6.07 Å². The van der Waals surface area contributed by atoms with Crippen LogP contribution in [0.5, 0.6) is 23.0 Å². The van der Waals surface area contributed by atoms with Crippen LogP contribution in [0.3, 0.4) is 0 Å². The van der Waals surface area contributed by atoms with Gasteiger partial charge in [-0.3, -0.25) is 18.7 Å². The van der Waals surface area contributed by atoms with Crippen molar-refractivity contribution in [1.82, 2.24) is 9.13 Å². The highest BCUT2D eigenvalue weighted by molar-refractivity contribution is 7.17. The number of nitrogens with one attached hydrogen (secondary N) is 1. The van der Waals surface area contributed by atoms with Crippen molar-refractivity contribution in [2.75, 3.05) is 26.3 Å². The van der Waals surface area contributed by atoms with Gasteiger partial charge in [-0.2, -0.15) is 0 Å². The number of rotatable bonds is 7. The van der Waals surface area contributed by atoms with E-state index in [9.17, 15) is 14.4 Å². The monoisotopic (exact) mass is 495 g/mol. The molecule has 0 saturated heterocycles. The second kappa shape index (κ2) is 9.18. The molecule has 2 aromatic carbocycles. The van der Waals surface area contributed by atoms with Crippen LogP contribution in [-0.2, 0) is 17.9 Å². The summed E-state index contributed by atoms with van der Waals surface area (Å²) in [6.07, 6.45) is 0. The van der Waals surface area contributed by atoms with Gasteiger partial charge >= 0.3 is 5.69 Å². The number of nitrogens with zero attached hydrogens (tertiary/aromatic N) is 2. The van der Waals surface area contributed by atoms with E-state index in [-0.39, 0.29) is 19.9 Å². The Morgan fingerprint density at radius 2 is 1.80 bits per heavy atom. The molecule has 0 fully saturated rings. The summed E-state index contributed by atoms with van der Waals surface area (Å²) in [5.41, 5.74) is 0.603. The van der Waals surface area contributed by atoms with Crippen molar-refractivity contribution in [2.24, 2.45) is 0 Å². The summed E-state index contributed by atoms with van der Waals surface area (Å²) in [7, 11) is 3.02. The molecule has 0 radical (unpaired) electrons. The molecule has 0 aliphatic carbocycles. The van der Waals surface area contributed by atoms with E-state index in [0.29, 0.717) is 44.5 Å². The lowest BCUT2D eigenvalue weighted by molar-refractivity contribution is -0.116. The Bertz CT molecular complexity index is 1550.